The maximum Gasteiger partial charge on any atom is 0.162 e. The highest BCUT2D eigenvalue weighted by Gasteiger charge is 2.12. The van der Waals surface area contributed by atoms with Crippen LogP contribution in [0, 0.1) is 0 Å². The molecule has 1 aliphatic rings. The lowest BCUT2D eigenvalue weighted by Gasteiger charge is -2.27. The number of hydrogen-bond donors (Lipinski definition) is 1. The molecule has 1 saturated heterocycles. The number of aryl methyl sites for hydroxylation is 1. The van der Waals surface area contributed by atoms with Crippen molar-refractivity contribution < 1.29 is 9.47 Å². The van der Waals surface area contributed by atoms with Crippen LogP contribution in [0.1, 0.15) is 12.0 Å². The third-order valence-corrected chi connectivity index (χ3v) is 4.03. The van der Waals surface area contributed by atoms with Gasteiger partial charge >= 0.3 is 0 Å². The molecule has 0 bridgehead atoms. The zero-order chi connectivity index (χ0) is 14.4. The van der Waals surface area contributed by atoms with Gasteiger partial charge in [-0.25, -0.2) is 0 Å². The van der Waals surface area contributed by atoms with Crippen molar-refractivity contribution in [1.29, 1.82) is 0 Å². The first-order valence-electron chi connectivity index (χ1n) is 7.08. The second-order valence-electron chi connectivity index (χ2n) is 4.99. The first-order chi connectivity index (χ1) is 9.74. The normalized spacial score (nSPS) is 16.1. The largest absolute Gasteiger partial charge is 0.493 e. The standard InChI is InChI=1S/C15H23ClN2O2/c1-19-14-10-12(13(16)11-15(14)20-2)4-3-7-18-8-5-17-6-9-18/h10-11,17H,3-9H2,1-2H3. The van der Waals surface area contributed by atoms with Crippen LogP contribution in [0.25, 0.3) is 0 Å². The van der Waals surface area contributed by atoms with Gasteiger partial charge in [-0.3, -0.25) is 0 Å². The molecule has 1 heterocycles. The zero-order valence-electron chi connectivity index (χ0n) is 12.2. The van der Waals surface area contributed by atoms with E-state index in [1.165, 1.54) is 0 Å². The maximum atomic E-state index is 6.30. The smallest absolute Gasteiger partial charge is 0.162 e. The van der Waals surface area contributed by atoms with Crippen molar-refractivity contribution in [3.63, 3.8) is 0 Å². The van der Waals surface area contributed by atoms with Crippen LogP contribution in [0.15, 0.2) is 12.1 Å². The van der Waals surface area contributed by atoms with Crippen LogP contribution in [0.5, 0.6) is 11.5 Å². The van der Waals surface area contributed by atoms with Crippen molar-refractivity contribution in [1.82, 2.24) is 10.2 Å². The van der Waals surface area contributed by atoms with E-state index in [2.05, 4.69) is 10.2 Å². The molecule has 0 amide bonds. The number of benzene rings is 1. The second kappa shape index (κ2) is 7.72. The van der Waals surface area contributed by atoms with Gasteiger partial charge in [0.25, 0.3) is 0 Å². The molecular formula is C15H23ClN2O2. The van der Waals surface area contributed by atoms with Gasteiger partial charge in [0.15, 0.2) is 11.5 Å². The van der Waals surface area contributed by atoms with Crippen LogP contribution in [-0.4, -0.2) is 51.8 Å². The van der Waals surface area contributed by atoms with Crippen LogP contribution in [0.3, 0.4) is 0 Å². The lowest BCUT2D eigenvalue weighted by molar-refractivity contribution is 0.238. The van der Waals surface area contributed by atoms with E-state index in [9.17, 15) is 0 Å². The molecule has 0 atom stereocenters. The fourth-order valence-electron chi connectivity index (χ4n) is 2.52. The summed E-state index contributed by atoms with van der Waals surface area (Å²) in [5.74, 6) is 1.43. The van der Waals surface area contributed by atoms with Crippen molar-refractivity contribution in [3.8, 4) is 11.5 Å². The minimum atomic E-state index is 0.684. The summed E-state index contributed by atoms with van der Waals surface area (Å²) in [6.07, 6.45) is 2.07. The second-order valence-corrected chi connectivity index (χ2v) is 5.40. The van der Waals surface area contributed by atoms with E-state index in [1.807, 2.05) is 12.1 Å². The monoisotopic (exact) mass is 298 g/mol. The van der Waals surface area contributed by atoms with Crippen molar-refractivity contribution in [2.24, 2.45) is 0 Å². The number of nitrogens with zero attached hydrogens (tertiary/aromatic N) is 1. The Morgan fingerprint density at radius 3 is 2.45 bits per heavy atom. The molecule has 1 aromatic carbocycles. The molecule has 1 fully saturated rings. The molecule has 1 aliphatic heterocycles. The van der Waals surface area contributed by atoms with Gasteiger partial charge in [-0.15, -0.1) is 0 Å². The Labute approximate surface area is 126 Å². The number of hydrogen-bond acceptors (Lipinski definition) is 4. The highest BCUT2D eigenvalue weighted by atomic mass is 35.5. The SMILES string of the molecule is COc1cc(Cl)c(CCCN2CCNCC2)cc1OC. The minimum Gasteiger partial charge on any atom is -0.493 e. The molecule has 112 valence electrons. The molecule has 0 unspecified atom stereocenters. The number of halogens is 1. The van der Waals surface area contributed by atoms with Gasteiger partial charge in [0.2, 0.25) is 0 Å². The molecule has 1 N–H and O–H groups in total. The molecule has 1 aromatic rings. The molecule has 20 heavy (non-hydrogen) atoms. The Hall–Kier alpha value is -0.970. The summed E-state index contributed by atoms with van der Waals surface area (Å²) in [5, 5.41) is 4.12. The third-order valence-electron chi connectivity index (χ3n) is 3.68. The molecule has 5 heteroatoms. The molecular weight excluding hydrogens is 276 g/mol. The van der Waals surface area contributed by atoms with Crippen LogP contribution in [0.4, 0.5) is 0 Å². The lowest BCUT2D eigenvalue weighted by atomic mass is 10.1. The minimum absolute atomic E-state index is 0.684. The fraction of sp³-hybridized carbons (Fsp3) is 0.600. The summed E-state index contributed by atoms with van der Waals surface area (Å²) < 4.78 is 10.6. The molecule has 2 rings (SSSR count). The highest BCUT2D eigenvalue weighted by molar-refractivity contribution is 6.31. The zero-order valence-corrected chi connectivity index (χ0v) is 13.0. The Balaban J connectivity index is 1.91. The van der Waals surface area contributed by atoms with E-state index in [0.29, 0.717) is 5.75 Å². The van der Waals surface area contributed by atoms with Gasteiger partial charge in [0.1, 0.15) is 0 Å². The van der Waals surface area contributed by atoms with Crippen molar-refractivity contribution >= 4 is 11.6 Å². The maximum absolute atomic E-state index is 6.30. The van der Waals surface area contributed by atoms with Crippen LogP contribution in [-0.2, 0) is 6.42 Å². The van der Waals surface area contributed by atoms with E-state index in [1.54, 1.807) is 14.2 Å². The van der Waals surface area contributed by atoms with E-state index >= 15 is 0 Å². The average molecular weight is 299 g/mol. The van der Waals surface area contributed by atoms with E-state index in [0.717, 1.165) is 61.9 Å². The number of nitrogens with one attached hydrogen (secondary N) is 1. The molecule has 0 aromatic heterocycles. The summed E-state index contributed by atoms with van der Waals surface area (Å²) in [6.45, 7) is 5.58. The Kier molecular flexibility index (Phi) is 5.95. The van der Waals surface area contributed by atoms with E-state index in [-0.39, 0.29) is 0 Å². The van der Waals surface area contributed by atoms with Gasteiger partial charge in [0, 0.05) is 37.3 Å². The summed E-state index contributed by atoms with van der Waals surface area (Å²) in [6, 6.07) is 3.82. The third kappa shape index (κ3) is 4.01. The number of methoxy groups -OCH3 is 2. The first-order valence-corrected chi connectivity index (χ1v) is 7.46. The van der Waals surface area contributed by atoms with Crippen molar-refractivity contribution in [3.05, 3.63) is 22.7 Å². The summed E-state index contributed by atoms with van der Waals surface area (Å²) in [4.78, 5) is 2.49. The molecule has 0 saturated carbocycles. The number of ether oxygens (including phenoxy) is 2. The van der Waals surface area contributed by atoms with Gasteiger partial charge in [-0.1, -0.05) is 11.6 Å². The summed E-state index contributed by atoms with van der Waals surface area (Å²) in [5.41, 5.74) is 1.12. The number of piperazine rings is 1. The van der Waals surface area contributed by atoms with Crippen LogP contribution < -0.4 is 14.8 Å². The molecule has 0 radical (unpaired) electrons. The average Bonchev–Trinajstić information content (AvgIpc) is 2.49. The van der Waals surface area contributed by atoms with Crippen molar-refractivity contribution in [2.45, 2.75) is 12.8 Å². The van der Waals surface area contributed by atoms with E-state index < -0.39 is 0 Å². The Bertz CT molecular complexity index is 434. The lowest BCUT2D eigenvalue weighted by Crippen LogP contribution is -2.43. The van der Waals surface area contributed by atoms with Gasteiger partial charge < -0.3 is 19.7 Å². The summed E-state index contributed by atoms with van der Waals surface area (Å²) in [7, 11) is 3.27. The Morgan fingerprint density at radius 2 is 1.80 bits per heavy atom. The van der Waals surface area contributed by atoms with Crippen molar-refractivity contribution in [2.75, 3.05) is 46.9 Å². The van der Waals surface area contributed by atoms with Crippen LogP contribution >= 0.6 is 11.6 Å². The summed E-state index contributed by atoms with van der Waals surface area (Å²) >= 11 is 6.30. The van der Waals surface area contributed by atoms with Gasteiger partial charge in [-0.05, 0) is 31.0 Å². The van der Waals surface area contributed by atoms with E-state index in [4.69, 9.17) is 21.1 Å². The molecule has 0 spiro atoms. The Morgan fingerprint density at radius 1 is 1.15 bits per heavy atom. The van der Waals surface area contributed by atoms with Gasteiger partial charge in [-0.2, -0.15) is 0 Å². The topological polar surface area (TPSA) is 33.7 Å². The molecule has 0 aliphatic carbocycles. The van der Waals surface area contributed by atoms with Crippen LogP contribution in [0.2, 0.25) is 5.02 Å². The predicted octanol–water partition coefficient (Wildman–Crippen LogP) is 2.20. The quantitative estimate of drug-likeness (QED) is 0.873. The molecule has 4 nitrogen and oxygen atoms in total. The number of rotatable bonds is 6. The fourth-order valence-corrected chi connectivity index (χ4v) is 2.76. The van der Waals surface area contributed by atoms with Gasteiger partial charge in [0.05, 0.1) is 14.2 Å². The predicted molar refractivity (Wildman–Crippen MR) is 82.2 cm³/mol. The highest BCUT2D eigenvalue weighted by Crippen LogP contribution is 2.33. The first kappa shape index (κ1) is 15.4.